The number of aromatic nitrogens is 2. The van der Waals surface area contributed by atoms with Crippen molar-refractivity contribution in [2.24, 2.45) is 0 Å². The maximum absolute atomic E-state index is 13.1. The molecule has 0 saturated heterocycles. The average molecular weight is 307 g/mol. The molecule has 0 unspecified atom stereocenters. The van der Waals surface area contributed by atoms with Crippen molar-refractivity contribution in [3.8, 4) is 5.69 Å². The Bertz CT molecular complexity index is 679. The summed E-state index contributed by atoms with van der Waals surface area (Å²) in [6.07, 6.45) is -3.99. The Hall–Kier alpha value is -1.89. The number of carbonyl (C=O) groups excluding carboxylic acids is 1. The van der Waals surface area contributed by atoms with Crippen molar-refractivity contribution >= 4 is 17.4 Å². The largest absolute Gasteiger partial charge is 0.434 e. The molecule has 1 heterocycles. The van der Waals surface area contributed by atoms with E-state index in [-0.39, 0.29) is 10.7 Å². The predicted molar refractivity (Wildman–Crippen MR) is 63.5 cm³/mol. The average Bonchev–Trinajstić information content (AvgIpc) is 2.73. The first-order chi connectivity index (χ1) is 9.21. The van der Waals surface area contributed by atoms with E-state index in [0.717, 1.165) is 31.3 Å². The number of benzene rings is 1. The Morgan fingerprint density at radius 3 is 2.50 bits per heavy atom. The van der Waals surface area contributed by atoms with E-state index in [1.807, 2.05) is 0 Å². The molecule has 0 saturated carbocycles. The third kappa shape index (κ3) is 2.53. The SMILES string of the molecule is CC(=O)c1cnn(-c2ccc(F)cc2Cl)c1C(F)(F)F. The van der Waals surface area contributed by atoms with Crippen LogP contribution in [0.4, 0.5) is 17.6 Å². The van der Waals surface area contributed by atoms with Gasteiger partial charge in [-0.2, -0.15) is 18.3 Å². The molecule has 0 amide bonds. The van der Waals surface area contributed by atoms with Gasteiger partial charge in [-0.05, 0) is 25.1 Å². The van der Waals surface area contributed by atoms with Gasteiger partial charge in [0.05, 0.1) is 22.5 Å². The van der Waals surface area contributed by atoms with Gasteiger partial charge in [-0.15, -0.1) is 0 Å². The molecule has 1 aromatic carbocycles. The number of ketones is 1. The molecule has 0 fully saturated rings. The molecular formula is C12H7ClF4N2O. The second-order valence-corrected chi connectivity index (χ2v) is 4.38. The van der Waals surface area contributed by atoms with E-state index in [4.69, 9.17) is 11.6 Å². The van der Waals surface area contributed by atoms with Gasteiger partial charge in [0.25, 0.3) is 0 Å². The fourth-order valence-corrected chi connectivity index (χ4v) is 1.96. The van der Waals surface area contributed by atoms with Gasteiger partial charge in [0.2, 0.25) is 0 Å². The van der Waals surface area contributed by atoms with Gasteiger partial charge in [-0.25, -0.2) is 9.07 Å². The number of carbonyl (C=O) groups is 1. The second kappa shape index (κ2) is 4.90. The van der Waals surface area contributed by atoms with E-state index in [1.54, 1.807) is 0 Å². The smallest absolute Gasteiger partial charge is 0.294 e. The lowest BCUT2D eigenvalue weighted by Gasteiger charge is -2.13. The first-order valence-electron chi connectivity index (χ1n) is 5.33. The molecule has 8 heteroatoms. The van der Waals surface area contributed by atoms with Crippen molar-refractivity contribution in [1.29, 1.82) is 0 Å². The molecule has 0 spiro atoms. The summed E-state index contributed by atoms with van der Waals surface area (Å²) in [5.74, 6) is -1.46. The Kier molecular flexibility index (Phi) is 3.56. The van der Waals surface area contributed by atoms with E-state index in [9.17, 15) is 22.4 Å². The number of hydrogen-bond acceptors (Lipinski definition) is 2. The van der Waals surface area contributed by atoms with Gasteiger partial charge in [0.1, 0.15) is 5.82 Å². The van der Waals surface area contributed by atoms with Gasteiger partial charge in [-0.3, -0.25) is 4.79 Å². The monoisotopic (exact) mass is 306 g/mol. The van der Waals surface area contributed by atoms with Crippen LogP contribution >= 0.6 is 11.6 Å². The minimum atomic E-state index is -4.80. The van der Waals surface area contributed by atoms with E-state index in [1.165, 1.54) is 0 Å². The molecule has 0 aliphatic heterocycles. The highest BCUT2D eigenvalue weighted by molar-refractivity contribution is 6.32. The minimum absolute atomic E-state index is 0.159. The summed E-state index contributed by atoms with van der Waals surface area (Å²) in [6, 6.07) is 2.88. The molecule has 20 heavy (non-hydrogen) atoms. The maximum Gasteiger partial charge on any atom is 0.434 e. The Labute approximate surface area is 115 Å². The molecule has 1 aromatic heterocycles. The van der Waals surface area contributed by atoms with Crippen molar-refractivity contribution in [2.45, 2.75) is 13.1 Å². The summed E-state index contributed by atoms with van der Waals surface area (Å²) in [4.78, 5) is 11.3. The molecule has 106 valence electrons. The lowest BCUT2D eigenvalue weighted by Crippen LogP contribution is -2.17. The van der Waals surface area contributed by atoms with Crippen LogP contribution in [0.5, 0.6) is 0 Å². The summed E-state index contributed by atoms with van der Waals surface area (Å²) in [5, 5.41) is 3.29. The van der Waals surface area contributed by atoms with Gasteiger partial charge < -0.3 is 0 Å². The van der Waals surface area contributed by atoms with Crippen LogP contribution in [-0.2, 0) is 6.18 Å². The highest BCUT2D eigenvalue weighted by atomic mass is 35.5. The fraction of sp³-hybridized carbons (Fsp3) is 0.167. The highest BCUT2D eigenvalue weighted by Gasteiger charge is 2.40. The van der Waals surface area contributed by atoms with Crippen LogP contribution in [0.3, 0.4) is 0 Å². The van der Waals surface area contributed by atoms with Crippen LogP contribution < -0.4 is 0 Å². The summed E-state index contributed by atoms with van der Waals surface area (Å²) < 4.78 is 52.6. The Balaban J connectivity index is 2.72. The number of nitrogens with zero attached hydrogens (tertiary/aromatic N) is 2. The number of alkyl halides is 3. The lowest BCUT2D eigenvalue weighted by atomic mass is 10.1. The molecule has 0 aliphatic rings. The quantitative estimate of drug-likeness (QED) is 0.623. The van der Waals surface area contributed by atoms with Gasteiger partial charge in [0.15, 0.2) is 11.5 Å². The van der Waals surface area contributed by atoms with E-state index in [2.05, 4.69) is 5.10 Å². The first-order valence-corrected chi connectivity index (χ1v) is 5.71. The van der Waals surface area contributed by atoms with Gasteiger partial charge in [-0.1, -0.05) is 11.6 Å². The molecule has 3 nitrogen and oxygen atoms in total. The van der Waals surface area contributed by atoms with Gasteiger partial charge >= 0.3 is 6.18 Å². The topological polar surface area (TPSA) is 34.9 Å². The molecule has 0 N–H and O–H groups in total. The van der Waals surface area contributed by atoms with E-state index >= 15 is 0 Å². The fourth-order valence-electron chi connectivity index (χ4n) is 1.71. The first kappa shape index (κ1) is 14.5. The minimum Gasteiger partial charge on any atom is -0.294 e. The molecule has 2 aromatic rings. The predicted octanol–water partition coefficient (Wildman–Crippen LogP) is 3.89. The maximum atomic E-state index is 13.1. The van der Waals surface area contributed by atoms with Crippen LogP contribution in [0, 0.1) is 5.82 Å². The normalized spacial score (nSPS) is 11.7. The highest BCUT2D eigenvalue weighted by Crippen LogP contribution is 2.35. The van der Waals surface area contributed by atoms with E-state index in [0.29, 0.717) is 4.68 Å². The van der Waals surface area contributed by atoms with Crippen molar-refractivity contribution in [1.82, 2.24) is 9.78 Å². The van der Waals surface area contributed by atoms with Crippen LogP contribution in [0.1, 0.15) is 23.0 Å². The Morgan fingerprint density at radius 2 is 2.00 bits per heavy atom. The summed E-state index contributed by atoms with van der Waals surface area (Å²) in [5.41, 5.74) is -1.97. The number of rotatable bonds is 2. The standard InChI is InChI=1S/C12H7ClF4N2O/c1-6(20)8-5-18-19(11(8)12(15,16)17)10-3-2-7(14)4-9(10)13/h2-5H,1H3. The van der Waals surface area contributed by atoms with Crippen LogP contribution in [0.2, 0.25) is 5.02 Å². The van der Waals surface area contributed by atoms with Crippen LogP contribution in [0.25, 0.3) is 5.69 Å². The summed E-state index contributed by atoms with van der Waals surface area (Å²) in [7, 11) is 0. The number of hydrogen-bond donors (Lipinski definition) is 0. The van der Waals surface area contributed by atoms with Crippen molar-refractivity contribution in [3.63, 3.8) is 0 Å². The lowest BCUT2D eigenvalue weighted by molar-refractivity contribution is -0.143. The summed E-state index contributed by atoms with van der Waals surface area (Å²) >= 11 is 5.72. The van der Waals surface area contributed by atoms with E-state index < -0.39 is 29.0 Å². The number of Topliss-reactive ketones (excluding diaryl/α,β-unsaturated/α-hetero) is 1. The van der Waals surface area contributed by atoms with Crippen molar-refractivity contribution < 1.29 is 22.4 Å². The molecule has 0 radical (unpaired) electrons. The van der Waals surface area contributed by atoms with Gasteiger partial charge in [0, 0.05) is 0 Å². The molecular weight excluding hydrogens is 300 g/mol. The third-order valence-electron chi connectivity index (χ3n) is 2.55. The molecule has 0 aliphatic carbocycles. The Morgan fingerprint density at radius 1 is 1.35 bits per heavy atom. The van der Waals surface area contributed by atoms with Crippen molar-refractivity contribution in [2.75, 3.05) is 0 Å². The van der Waals surface area contributed by atoms with Crippen molar-refractivity contribution in [3.05, 3.63) is 46.5 Å². The second-order valence-electron chi connectivity index (χ2n) is 3.97. The molecule has 0 bridgehead atoms. The molecule has 0 atom stereocenters. The third-order valence-corrected chi connectivity index (χ3v) is 2.86. The zero-order valence-corrected chi connectivity index (χ0v) is 10.8. The van der Waals surface area contributed by atoms with Crippen LogP contribution in [-0.4, -0.2) is 15.6 Å². The summed E-state index contributed by atoms with van der Waals surface area (Å²) in [6.45, 7) is 1.00. The molecule has 2 rings (SSSR count). The van der Waals surface area contributed by atoms with Crippen LogP contribution in [0.15, 0.2) is 24.4 Å². The zero-order chi connectivity index (χ0) is 15.1. The number of halogens is 5. The zero-order valence-electron chi connectivity index (χ0n) is 10.0.